The molecule has 0 fully saturated rings. The number of halogens is 4. The summed E-state index contributed by atoms with van der Waals surface area (Å²) in [5.41, 5.74) is 1.71. The lowest BCUT2D eigenvalue weighted by molar-refractivity contribution is 0.102. The van der Waals surface area contributed by atoms with Gasteiger partial charge in [0.2, 0.25) is 0 Å². The average Bonchev–Trinajstić information content (AvgIpc) is 3.15. The molecule has 0 saturated carbocycles. The van der Waals surface area contributed by atoms with Crippen molar-refractivity contribution in [3.8, 4) is 0 Å². The van der Waals surface area contributed by atoms with Crippen molar-refractivity contribution in [1.29, 1.82) is 0 Å². The Morgan fingerprint density at radius 1 is 1.00 bits per heavy atom. The van der Waals surface area contributed by atoms with Crippen LogP contribution in [0.2, 0.25) is 10.0 Å². The molecular formula is C21H14Cl2F2N4O. The van der Waals surface area contributed by atoms with Gasteiger partial charge in [-0.15, -0.1) is 0 Å². The second kappa shape index (κ2) is 8.30. The van der Waals surface area contributed by atoms with E-state index in [0.717, 1.165) is 0 Å². The number of imidazole rings is 1. The standard InChI is InChI=1S/C21H14Cl2F2N4O/c22-12-4-9-15(16(23)10-12)21(30)27-14-7-5-13(6-8-14)26-18-2-1-3-19-28-17(20(24)25)11-29(18)19/h1-11,20,26H,(H,27,30). The monoisotopic (exact) mass is 446 g/mol. The first-order valence-electron chi connectivity index (χ1n) is 8.80. The van der Waals surface area contributed by atoms with Gasteiger partial charge in [0.25, 0.3) is 12.3 Å². The third-order valence-electron chi connectivity index (χ3n) is 4.33. The second-order valence-corrected chi connectivity index (χ2v) is 7.23. The number of nitrogens with one attached hydrogen (secondary N) is 2. The topological polar surface area (TPSA) is 58.4 Å². The lowest BCUT2D eigenvalue weighted by Crippen LogP contribution is -2.12. The smallest absolute Gasteiger partial charge is 0.281 e. The molecule has 4 rings (SSSR count). The van der Waals surface area contributed by atoms with Crippen LogP contribution >= 0.6 is 23.2 Å². The highest BCUT2D eigenvalue weighted by Crippen LogP contribution is 2.25. The van der Waals surface area contributed by atoms with Crippen LogP contribution < -0.4 is 10.6 Å². The van der Waals surface area contributed by atoms with Gasteiger partial charge in [-0.25, -0.2) is 13.8 Å². The summed E-state index contributed by atoms with van der Waals surface area (Å²) in [5.74, 6) is 0.219. The Morgan fingerprint density at radius 2 is 1.73 bits per heavy atom. The first-order chi connectivity index (χ1) is 14.4. The molecule has 30 heavy (non-hydrogen) atoms. The molecule has 9 heteroatoms. The zero-order chi connectivity index (χ0) is 21.3. The summed E-state index contributed by atoms with van der Waals surface area (Å²) in [4.78, 5) is 16.3. The van der Waals surface area contributed by atoms with E-state index in [1.807, 2.05) is 0 Å². The highest BCUT2D eigenvalue weighted by atomic mass is 35.5. The minimum atomic E-state index is -2.64. The summed E-state index contributed by atoms with van der Waals surface area (Å²) >= 11 is 11.9. The Bertz CT molecular complexity index is 1230. The van der Waals surface area contributed by atoms with Crippen molar-refractivity contribution in [3.63, 3.8) is 0 Å². The quantitative estimate of drug-likeness (QED) is 0.364. The van der Waals surface area contributed by atoms with E-state index in [9.17, 15) is 13.6 Å². The molecule has 0 aliphatic carbocycles. The number of carbonyl (C=O) groups is 1. The van der Waals surface area contributed by atoms with Crippen molar-refractivity contribution in [2.45, 2.75) is 6.43 Å². The van der Waals surface area contributed by atoms with Gasteiger partial charge in [-0.1, -0.05) is 29.3 Å². The van der Waals surface area contributed by atoms with Crippen LogP contribution in [0.4, 0.5) is 26.0 Å². The van der Waals surface area contributed by atoms with Crippen LogP contribution in [-0.4, -0.2) is 15.3 Å². The summed E-state index contributed by atoms with van der Waals surface area (Å²) in [6.07, 6.45) is -1.35. The summed E-state index contributed by atoms with van der Waals surface area (Å²) in [6.45, 7) is 0. The maximum absolute atomic E-state index is 12.9. The fraction of sp³-hybridized carbons (Fsp3) is 0.0476. The van der Waals surface area contributed by atoms with Crippen LogP contribution in [-0.2, 0) is 0 Å². The normalized spacial score (nSPS) is 11.1. The number of hydrogen-bond acceptors (Lipinski definition) is 3. The van der Waals surface area contributed by atoms with Crippen LogP contribution in [0.1, 0.15) is 22.5 Å². The largest absolute Gasteiger partial charge is 0.341 e. The Balaban J connectivity index is 1.50. The summed E-state index contributed by atoms with van der Waals surface area (Å²) in [7, 11) is 0. The van der Waals surface area contributed by atoms with Crippen molar-refractivity contribution < 1.29 is 13.6 Å². The fourth-order valence-electron chi connectivity index (χ4n) is 2.89. The molecule has 152 valence electrons. The van der Waals surface area contributed by atoms with Crippen LogP contribution in [0.3, 0.4) is 0 Å². The molecule has 0 bridgehead atoms. The number of benzene rings is 2. The number of rotatable bonds is 5. The van der Waals surface area contributed by atoms with E-state index < -0.39 is 6.43 Å². The van der Waals surface area contributed by atoms with Crippen molar-refractivity contribution in [1.82, 2.24) is 9.38 Å². The third kappa shape index (κ3) is 4.22. The number of alkyl halides is 2. The average molecular weight is 447 g/mol. The number of hydrogen-bond donors (Lipinski definition) is 2. The van der Waals surface area contributed by atoms with E-state index >= 15 is 0 Å². The highest BCUT2D eigenvalue weighted by molar-refractivity contribution is 6.37. The van der Waals surface area contributed by atoms with Crippen molar-refractivity contribution in [2.75, 3.05) is 10.6 Å². The summed E-state index contributed by atoms with van der Waals surface area (Å²) in [5, 5.41) is 6.62. The van der Waals surface area contributed by atoms with E-state index in [0.29, 0.717) is 33.4 Å². The minimum Gasteiger partial charge on any atom is -0.341 e. The van der Waals surface area contributed by atoms with E-state index in [-0.39, 0.29) is 16.6 Å². The van der Waals surface area contributed by atoms with E-state index in [1.165, 1.54) is 12.3 Å². The number of nitrogens with zero attached hydrogens (tertiary/aromatic N) is 2. The lowest BCUT2D eigenvalue weighted by atomic mass is 10.2. The molecule has 0 radical (unpaired) electrons. The SMILES string of the molecule is O=C(Nc1ccc(Nc2cccc3nc(C(F)F)cn23)cc1)c1ccc(Cl)cc1Cl. The number of amides is 1. The number of anilines is 3. The van der Waals surface area contributed by atoms with Gasteiger partial charge in [-0.2, -0.15) is 0 Å². The molecule has 0 aliphatic rings. The Labute approximate surface area is 180 Å². The minimum absolute atomic E-state index is 0.259. The molecule has 4 aromatic rings. The van der Waals surface area contributed by atoms with Crippen LogP contribution in [0.5, 0.6) is 0 Å². The maximum atomic E-state index is 12.9. The highest BCUT2D eigenvalue weighted by Gasteiger charge is 2.14. The van der Waals surface area contributed by atoms with Gasteiger partial charge in [-0.05, 0) is 54.6 Å². The Morgan fingerprint density at radius 3 is 2.43 bits per heavy atom. The molecule has 0 unspecified atom stereocenters. The number of pyridine rings is 1. The molecule has 0 saturated heterocycles. The van der Waals surface area contributed by atoms with Gasteiger partial charge in [0.1, 0.15) is 17.2 Å². The number of aromatic nitrogens is 2. The summed E-state index contributed by atoms with van der Waals surface area (Å²) < 4.78 is 27.4. The summed E-state index contributed by atoms with van der Waals surface area (Å²) in [6, 6.07) is 16.7. The number of fused-ring (bicyclic) bond motifs is 1. The Hall–Kier alpha value is -3.16. The lowest BCUT2D eigenvalue weighted by Gasteiger charge is -2.11. The molecule has 0 aliphatic heterocycles. The molecule has 0 spiro atoms. The molecule has 2 aromatic carbocycles. The van der Waals surface area contributed by atoms with Gasteiger partial charge in [0.15, 0.2) is 0 Å². The van der Waals surface area contributed by atoms with E-state index in [1.54, 1.807) is 59.0 Å². The van der Waals surface area contributed by atoms with Gasteiger partial charge in [0.05, 0.1) is 10.6 Å². The van der Waals surface area contributed by atoms with Gasteiger partial charge in [-0.3, -0.25) is 9.20 Å². The zero-order valence-corrected chi connectivity index (χ0v) is 16.8. The predicted octanol–water partition coefficient (Wildman–Crippen LogP) is 6.57. The first kappa shape index (κ1) is 20.1. The maximum Gasteiger partial charge on any atom is 0.281 e. The van der Waals surface area contributed by atoms with Crippen molar-refractivity contribution in [2.24, 2.45) is 0 Å². The van der Waals surface area contributed by atoms with Gasteiger partial charge >= 0.3 is 0 Å². The molecule has 1 amide bonds. The van der Waals surface area contributed by atoms with E-state index in [2.05, 4.69) is 15.6 Å². The molecular weight excluding hydrogens is 433 g/mol. The molecule has 0 atom stereocenters. The van der Waals surface area contributed by atoms with E-state index in [4.69, 9.17) is 23.2 Å². The van der Waals surface area contributed by atoms with Gasteiger partial charge in [0, 0.05) is 22.6 Å². The Kier molecular flexibility index (Phi) is 5.57. The zero-order valence-electron chi connectivity index (χ0n) is 15.2. The fourth-order valence-corrected chi connectivity index (χ4v) is 3.39. The van der Waals surface area contributed by atoms with Crippen LogP contribution in [0.25, 0.3) is 5.65 Å². The second-order valence-electron chi connectivity index (χ2n) is 6.39. The first-order valence-corrected chi connectivity index (χ1v) is 9.56. The van der Waals surface area contributed by atoms with Gasteiger partial charge < -0.3 is 10.6 Å². The molecule has 2 N–H and O–H groups in total. The van der Waals surface area contributed by atoms with Crippen LogP contribution in [0.15, 0.2) is 66.9 Å². The number of carbonyl (C=O) groups excluding carboxylic acids is 1. The molecule has 2 heterocycles. The van der Waals surface area contributed by atoms with Crippen LogP contribution in [0, 0.1) is 0 Å². The predicted molar refractivity (Wildman–Crippen MR) is 114 cm³/mol. The van der Waals surface area contributed by atoms with Crippen molar-refractivity contribution in [3.05, 3.63) is 88.2 Å². The third-order valence-corrected chi connectivity index (χ3v) is 4.87. The van der Waals surface area contributed by atoms with Crippen molar-refractivity contribution >= 4 is 51.9 Å². The molecule has 2 aromatic heterocycles. The molecule has 5 nitrogen and oxygen atoms in total.